The van der Waals surface area contributed by atoms with E-state index in [1.807, 2.05) is 24.3 Å². The van der Waals surface area contributed by atoms with Crippen LogP contribution in [-0.4, -0.2) is 15.8 Å². The van der Waals surface area contributed by atoms with Gasteiger partial charge in [-0.1, -0.05) is 24.3 Å². The van der Waals surface area contributed by atoms with Crippen LogP contribution < -0.4 is 0 Å². The molecule has 0 N–H and O–H groups in total. The molecule has 96 valence electrons. The van der Waals surface area contributed by atoms with Gasteiger partial charge in [0.2, 0.25) is 0 Å². The second kappa shape index (κ2) is 4.46. The molecule has 1 aliphatic rings. The average molecular weight is 256 g/mol. The Morgan fingerprint density at radius 1 is 1.26 bits per heavy atom. The Balaban J connectivity index is 1.85. The van der Waals surface area contributed by atoms with Crippen molar-refractivity contribution in [2.75, 3.05) is 0 Å². The minimum atomic E-state index is -0.388. The fourth-order valence-corrected chi connectivity index (χ4v) is 2.30. The summed E-state index contributed by atoms with van der Waals surface area (Å²) in [7, 11) is 0. The molecule has 0 atom stereocenters. The van der Waals surface area contributed by atoms with Gasteiger partial charge in [-0.2, -0.15) is 0 Å². The van der Waals surface area contributed by atoms with Crippen LogP contribution in [-0.2, 0) is 13.1 Å². The van der Waals surface area contributed by atoms with E-state index in [2.05, 4.69) is 4.98 Å². The first-order valence-corrected chi connectivity index (χ1v) is 6.13. The summed E-state index contributed by atoms with van der Waals surface area (Å²) < 4.78 is 13.2. The van der Waals surface area contributed by atoms with Crippen molar-refractivity contribution in [2.24, 2.45) is 0 Å². The lowest BCUT2D eigenvalue weighted by molar-refractivity contribution is 0.0745. The molecular weight excluding hydrogens is 243 g/mol. The zero-order valence-corrected chi connectivity index (χ0v) is 10.6. The van der Waals surface area contributed by atoms with E-state index in [-0.39, 0.29) is 11.7 Å². The highest BCUT2D eigenvalue weighted by atomic mass is 19.1. The first-order valence-electron chi connectivity index (χ1n) is 6.13. The number of nitrogens with zero attached hydrogens (tertiary/aromatic N) is 2. The first kappa shape index (κ1) is 11.8. The molecule has 3 rings (SSSR count). The lowest BCUT2D eigenvalue weighted by atomic mass is 10.1. The normalized spacial score (nSPS) is 13.5. The SMILES string of the molecule is Cc1cc(C(=O)N2Cc3ccccc3C2)ncc1F. The van der Waals surface area contributed by atoms with E-state index in [9.17, 15) is 9.18 Å². The maximum absolute atomic E-state index is 13.2. The summed E-state index contributed by atoms with van der Waals surface area (Å²) in [5.74, 6) is -0.541. The number of hydrogen-bond acceptors (Lipinski definition) is 2. The quantitative estimate of drug-likeness (QED) is 0.786. The summed E-state index contributed by atoms with van der Waals surface area (Å²) in [4.78, 5) is 17.9. The summed E-state index contributed by atoms with van der Waals surface area (Å²) in [5.41, 5.74) is 3.06. The Kier molecular flexibility index (Phi) is 2.78. The molecule has 0 bridgehead atoms. The van der Waals surface area contributed by atoms with Crippen LogP contribution in [0.25, 0.3) is 0 Å². The number of aryl methyl sites for hydroxylation is 1. The second-order valence-electron chi connectivity index (χ2n) is 4.75. The minimum Gasteiger partial charge on any atom is -0.329 e. The van der Waals surface area contributed by atoms with Crippen LogP contribution >= 0.6 is 0 Å². The molecule has 4 heteroatoms. The number of benzene rings is 1. The highest BCUT2D eigenvalue weighted by Crippen LogP contribution is 2.23. The molecule has 0 spiro atoms. The standard InChI is InChI=1S/C15H13FN2O/c1-10-6-14(17-7-13(10)16)15(19)18-8-11-4-2-3-5-12(11)9-18/h2-7H,8-9H2,1H3. The molecule has 19 heavy (non-hydrogen) atoms. The van der Waals surface area contributed by atoms with Gasteiger partial charge in [-0.25, -0.2) is 9.37 Å². The number of aromatic nitrogens is 1. The molecule has 3 nitrogen and oxygen atoms in total. The van der Waals surface area contributed by atoms with Gasteiger partial charge >= 0.3 is 0 Å². The third-order valence-corrected chi connectivity index (χ3v) is 3.39. The number of fused-ring (bicyclic) bond motifs is 1. The van der Waals surface area contributed by atoms with Crippen molar-refractivity contribution in [3.8, 4) is 0 Å². The van der Waals surface area contributed by atoms with E-state index in [0.29, 0.717) is 24.3 Å². The zero-order valence-electron chi connectivity index (χ0n) is 10.6. The molecule has 0 aliphatic carbocycles. The van der Waals surface area contributed by atoms with Gasteiger partial charge in [0.1, 0.15) is 11.5 Å². The molecule has 0 fully saturated rings. The maximum Gasteiger partial charge on any atom is 0.273 e. The smallest absolute Gasteiger partial charge is 0.273 e. The van der Waals surface area contributed by atoms with E-state index in [1.54, 1.807) is 11.8 Å². The molecule has 2 aromatic rings. The second-order valence-corrected chi connectivity index (χ2v) is 4.75. The predicted octanol–water partition coefficient (Wildman–Crippen LogP) is 2.69. The van der Waals surface area contributed by atoms with Crippen LogP contribution in [0.5, 0.6) is 0 Å². The monoisotopic (exact) mass is 256 g/mol. The van der Waals surface area contributed by atoms with Crippen molar-refractivity contribution >= 4 is 5.91 Å². The lowest BCUT2D eigenvalue weighted by Gasteiger charge is -2.15. The number of amides is 1. The summed E-state index contributed by atoms with van der Waals surface area (Å²) in [5, 5.41) is 0. The summed E-state index contributed by atoms with van der Waals surface area (Å²) in [6.07, 6.45) is 1.10. The van der Waals surface area contributed by atoms with Gasteiger partial charge in [0, 0.05) is 13.1 Å². The number of hydrogen-bond donors (Lipinski definition) is 0. The Hall–Kier alpha value is -2.23. The van der Waals surface area contributed by atoms with E-state index >= 15 is 0 Å². The number of pyridine rings is 1. The molecule has 1 aromatic heterocycles. The van der Waals surface area contributed by atoms with Crippen molar-refractivity contribution in [1.29, 1.82) is 0 Å². The van der Waals surface area contributed by atoms with Crippen LogP contribution in [0.1, 0.15) is 27.2 Å². The van der Waals surface area contributed by atoms with Crippen LogP contribution in [0.4, 0.5) is 4.39 Å². The minimum absolute atomic E-state index is 0.153. The van der Waals surface area contributed by atoms with Gasteiger partial charge in [-0.15, -0.1) is 0 Å². The van der Waals surface area contributed by atoms with Crippen LogP contribution in [0.15, 0.2) is 36.5 Å². The maximum atomic E-state index is 13.2. The zero-order chi connectivity index (χ0) is 13.4. The Morgan fingerprint density at radius 3 is 2.47 bits per heavy atom. The highest BCUT2D eigenvalue weighted by Gasteiger charge is 2.24. The molecule has 1 aromatic carbocycles. The molecule has 0 radical (unpaired) electrons. The summed E-state index contributed by atoms with van der Waals surface area (Å²) >= 11 is 0. The number of carbonyl (C=O) groups excluding carboxylic acids is 1. The van der Waals surface area contributed by atoms with Gasteiger partial charge in [0.25, 0.3) is 5.91 Å². The highest BCUT2D eigenvalue weighted by molar-refractivity contribution is 5.92. The molecule has 1 aliphatic heterocycles. The Labute approximate surface area is 110 Å². The van der Waals surface area contributed by atoms with Crippen molar-refractivity contribution in [3.05, 3.63) is 64.7 Å². The number of halogens is 1. The molecule has 0 saturated heterocycles. The molecule has 2 heterocycles. The van der Waals surface area contributed by atoms with Crippen LogP contribution in [0.2, 0.25) is 0 Å². The molecule has 0 unspecified atom stereocenters. The van der Waals surface area contributed by atoms with Gasteiger partial charge in [-0.3, -0.25) is 4.79 Å². The number of rotatable bonds is 1. The van der Waals surface area contributed by atoms with Crippen LogP contribution in [0.3, 0.4) is 0 Å². The van der Waals surface area contributed by atoms with Gasteiger partial charge in [0.05, 0.1) is 6.20 Å². The van der Waals surface area contributed by atoms with Crippen molar-refractivity contribution in [2.45, 2.75) is 20.0 Å². The Morgan fingerprint density at radius 2 is 1.89 bits per heavy atom. The molecular formula is C15H13FN2O. The average Bonchev–Trinajstić information content (AvgIpc) is 2.85. The van der Waals surface area contributed by atoms with E-state index in [0.717, 1.165) is 17.3 Å². The first-order chi connectivity index (χ1) is 9.15. The third kappa shape index (κ3) is 2.10. The van der Waals surface area contributed by atoms with E-state index in [1.165, 1.54) is 6.07 Å². The van der Waals surface area contributed by atoms with Gasteiger partial charge in [0.15, 0.2) is 0 Å². The van der Waals surface area contributed by atoms with E-state index < -0.39 is 0 Å². The lowest BCUT2D eigenvalue weighted by Crippen LogP contribution is -2.26. The number of carbonyl (C=O) groups is 1. The van der Waals surface area contributed by atoms with Gasteiger partial charge in [-0.05, 0) is 29.7 Å². The molecule has 0 saturated carbocycles. The third-order valence-electron chi connectivity index (χ3n) is 3.39. The van der Waals surface area contributed by atoms with Crippen molar-refractivity contribution in [3.63, 3.8) is 0 Å². The van der Waals surface area contributed by atoms with Gasteiger partial charge < -0.3 is 4.90 Å². The van der Waals surface area contributed by atoms with E-state index in [4.69, 9.17) is 0 Å². The predicted molar refractivity (Wildman–Crippen MR) is 69.0 cm³/mol. The van der Waals surface area contributed by atoms with Crippen molar-refractivity contribution < 1.29 is 9.18 Å². The summed E-state index contributed by atoms with van der Waals surface area (Å²) in [6.45, 7) is 2.81. The molecule has 1 amide bonds. The topological polar surface area (TPSA) is 33.2 Å². The largest absolute Gasteiger partial charge is 0.329 e. The van der Waals surface area contributed by atoms with Crippen LogP contribution in [0, 0.1) is 12.7 Å². The van der Waals surface area contributed by atoms with Crippen molar-refractivity contribution in [1.82, 2.24) is 9.88 Å². The fraction of sp³-hybridized carbons (Fsp3) is 0.200. The Bertz CT molecular complexity index is 629. The fourth-order valence-electron chi connectivity index (χ4n) is 2.30. The summed E-state index contributed by atoms with van der Waals surface area (Å²) in [6, 6.07) is 9.47.